The molecule has 0 fully saturated rings. The van der Waals surface area contributed by atoms with Gasteiger partial charge >= 0.3 is 0 Å². The van der Waals surface area contributed by atoms with Gasteiger partial charge in [-0.15, -0.1) is 0 Å². The summed E-state index contributed by atoms with van der Waals surface area (Å²) in [5.74, 6) is -2.68. The first kappa shape index (κ1) is 40.2. The zero-order chi connectivity index (χ0) is 43.7. The Morgan fingerprint density at radius 2 is 0.661 bits per heavy atom. The maximum Gasteiger partial charge on any atom is 0.256 e. The number of rotatable bonds is 9. The Morgan fingerprint density at radius 1 is 0.371 bits per heavy atom. The average Bonchev–Trinajstić information content (AvgIpc) is 3.26. The van der Waals surface area contributed by atoms with Gasteiger partial charge in [0, 0.05) is 22.3 Å². The quantitative estimate of drug-likeness (QED) is 0.0658. The highest BCUT2D eigenvalue weighted by molar-refractivity contribution is 6.19. The van der Waals surface area contributed by atoms with E-state index in [4.69, 9.17) is 0 Å². The van der Waals surface area contributed by atoms with E-state index in [1.165, 1.54) is 24.3 Å². The second kappa shape index (κ2) is 16.5. The van der Waals surface area contributed by atoms with Crippen LogP contribution in [0.25, 0.3) is 32.7 Å². The van der Waals surface area contributed by atoms with Gasteiger partial charge in [0.05, 0.1) is 22.7 Å². The minimum absolute atomic E-state index is 0.115. The van der Waals surface area contributed by atoms with E-state index in [0.717, 1.165) is 0 Å². The number of carbonyl (C=O) groups excluding carboxylic acids is 4. The minimum atomic E-state index is -0.560. The number of nitrogens with one attached hydrogen (secondary N) is 4. The Kier molecular flexibility index (Phi) is 10.7. The summed E-state index contributed by atoms with van der Waals surface area (Å²) in [5.41, 5.74) is 3.70. The molecule has 0 aliphatic carbocycles. The molecule has 0 unspecified atom stereocenters. The van der Waals surface area contributed by atoms with Gasteiger partial charge in [0.25, 0.3) is 23.6 Å². The van der Waals surface area contributed by atoms with Crippen LogP contribution in [0, 0.1) is 13.8 Å². The van der Waals surface area contributed by atoms with Crippen LogP contribution in [-0.4, -0.2) is 44.1 Å². The molecule has 0 saturated carbocycles. The average molecular weight is 823 g/mol. The van der Waals surface area contributed by atoms with Crippen molar-refractivity contribution in [3.05, 3.63) is 179 Å². The highest BCUT2D eigenvalue weighted by atomic mass is 16.3. The summed E-state index contributed by atoms with van der Waals surface area (Å²) >= 11 is 0. The summed E-state index contributed by atoms with van der Waals surface area (Å²) in [4.78, 5) is 55.8. The monoisotopic (exact) mass is 822 g/mol. The lowest BCUT2D eigenvalue weighted by atomic mass is 9.83. The molecule has 0 bridgehead atoms. The fraction of sp³-hybridized carbons (Fsp3) is 0.0400. The van der Waals surface area contributed by atoms with Crippen LogP contribution in [0.15, 0.2) is 146 Å². The lowest BCUT2D eigenvalue weighted by Crippen LogP contribution is -2.16. The zero-order valence-corrected chi connectivity index (χ0v) is 33.3. The maximum atomic E-state index is 14.3. The first-order chi connectivity index (χ1) is 29.9. The van der Waals surface area contributed by atoms with Gasteiger partial charge in [-0.1, -0.05) is 60.7 Å². The minimum Gasteiger partial charge on any atom is -0.506 e. The van der Waals surface area contributed by atoms with Crippen LogP contribution in [0.5, 0.6) is 23.0 Å². The van der Waals surface area contributed by atoms with Crippen LogP contribution in [-0.2, 0) is 0 Å². The number of hydrogen-bond acceptors (Lipinski definition) is 8. The van der Waals surface area contributed by atoms with Gasteiger partial charge in [0.1, 0.15) is 23.0 Å². The SMILES string of the molecule is Cc1c(C(=O)Nc2ccccc2O)cc2cc(C(=O)Nc3ccccc3O)ccc2c1-c1c(C)c(C(=O)Nc2ccccc2O)cc2cc(C(=O)Nc3ccccc3O)ccc12. The summed E-state index contributed by atoms with van der Waals surface area (Å²) in [6.07, 6.45) is 0. The zero-order valence-electron chi connectivity index (χ0n) is 33.3. The Hall–Kier alpha value is -8.64. The fourth-order valence-corrected chi connectivity index (χ4v) is 7.50. The Labute approximate surface area is 354 Å². The number of benzene rings is 8. The standard InChI is InChI=1S/C50H38N4O8/c1-27-35(49(61)53-39-13-5-9-17-43(39)57)25-31-23-29(47(59)51-37-11-3-7-15-41(37)55)19-21-33(31)45(27)46-28(2)36(50(62)54-40-14-6-10-18-44(40)58)26-32-24-30(20-22-34(32)46)48(60)52-38-12-4-8-16-42(38)56/h3-26,55-58H,1-2H3,(H,51,59)(H,52,60)(H,53,61)(H,54,62). The van der Waals surface area contributed by atoms with Crippen LogP contribution >= 0.6 is 0 Å². The number of amides is 4. The molecule has 8 N–H and O–H groups in total. The molecule has 8 aromatic rings. The Balaban J connectivity index is 1.35. The fourth-order valence-electron chi connectivity index (χ4n) is 7.50. The largest absolute Gasteiger partial charge is 0.506 e. The van der Waals surface area contributed by atoms with Gasteiger partial charge < -0.3 is 41.7 Å². The molecule has 0 spiro atoms. The molecular formula is C50H38N4O8. The van der Waals surface area contributed by atoms with Crippen molar-refractivity contribution in [3.8, 4) is 34.1 Å². The third-order valence-electron chi connectivity index (χ3n) is 10.7. The smallest absolute Gasteiger partial charge is 0.256 e. The van der Waals surface area contributed by atoms with E-state index < -0.39 is 23.6 Å². The van der Waals surface area contributed by atoms with Crippen LogP contribution in [0.4, 0.5) is 22.7 Å². The van der Waals surface area contributed by atoms with Crippen molar-refractivity contribution >= 4 is 67.9 Å². The lowest BCUT2D eigenvalue weighted by Gasteiger charge is -2.22. The van der Waals surface area contributed by atoms with Crippen LogP contribution in [0.2, 0.25) is 0 Å². The van der Waals surface area contributed by atoms with E-state index in [1.54, 1.807) is 135 Å². The van der Waals surface area contributed by atoms with Crippen molar-refractivity contribution in [1.82, 2.24) is 0 Å². The molecule has 0 aliphatic rings. The number of hydrogen-bond donors (Lipinski definition) is 8. The molecule has 8 rings (SSSR count). The number of aromatic hydroxyl groups is 4. The second-order valence-electron chi connectivity index (χ2n) is 14.6. The predicted octanol–water partition coefficient (Wildman–Crippen LogP) is 10.1. The molecule has 306 valence electrons. The van der Waals surface area contributed by atoms with Crippen molar-refractivity contribution in [3.63, 3.8) is 0 Å². The number of fused-ring (bicyclic) bond motifs is 2. The van der Waals surface area contributed by atoms with E-state index >= 15 is 0 Å². The van der Waals surface area contributed by atoms with Crippen molar-refractivity contribution in [2.45, 2.75) is 13.8 Å². The Bertz CT molecular complexity index is 2930. The van der Waals surface area contributed by atoms with Crippen molar-refractivity contribution < 1.29 is 39.6 Å². The third-order valence-corrected chi connectivity index (χ3v) is 10.7. The first-order valence-electron chi connectivity index (χ1n) is 19.4. The van der Waals surface area contributed by atoms with Gasteiger partial charge in [-0.2, -0.15) is 0 Å². The summed E-state index contributed by atoms with van der Waals surface area (Å²) < 4.78 is 0. The molecular weight excluding hydrogens is 785 g/mol. The third kappa shape index (κ3) is 7.78. The van der Waals surface area contributed by atoms with Crippen LogP contribution in [0.3, 0.4) is 0 Å². The Morgan fingerprint density at radius 3 is 0.968 bits per heavy atom. The van der Waals surface area contributed by atoms with E-state index in [0.29, 0.717) is 43.8 Å². The number of phenols is 4. The molecule has 12 nitrogen and oxygen atoms in total. The maximum absolute atomic E-state index is 14.3. The second-order valence-corrected chi connectivity index (χ2v) is 14.6. The molecule has 0 radical (unpaired) electrons. The van der Waals surface area contributed by atoms with E-state index in [2.05, 4.69) is 21.3 Å². The molecule has 0 atom stereocenters. The van der Waals surface area contributed by atoms with Gasteiger partial charge in [0.2, 0.25) is 0 Å². The van der Waals surface area contributed by atoms with Crippen LogP contribution in [0.1, 0.15) is 52.6 Å². The number of phenolic OH excluding ortho intramolecular Hbond substituents is 4. The molecule has 8 aromatic carbocycles. The van der Waals surface area contributed by atoms with Gasteiger partial charge in [-0.3, -0.25) is 19.2 Å². The number of anilines is 4. The molecule has 0 aromatic heterocycles. The predicted molar refractivity (Wildman–Crippen MR) is 241 cm³/mol. The highest BCUT2D eigenvalue weighted by Crippen LogP contribution is 2.43. The molecule has 0 heterocycles. The summed E-state index contributed by atoms with van der Waals surface area (Å²) in [6.45, 7) is 3.53. The highest BCUT2D eigenvalue weighted by Gasteiger charge is 2.25. The number of carbonyl (C=O) groups is 4. The molecule has 62 heavy (non-hydrogen) atoms. The lowest BCUT2D eigenvalue weighted by molar-refractivity contribution is 0.101. The number of para-hydroxylation sites is 8. The molecule has 12 heteroatoms. The topological polar surface area (TPSA) is 197 Å². The van der Waals surface area contributed by atoms with Crippen LogP contribution < -0.4 is 21.3 Å². The van der Waals surface area contributed by atoms with Crippen molar-refractivity contribution in [2.75, 3.05) is 21.3 Å². The summed E-state index contributed by atoms with van der Waals surface area (Å²) in [6, 6.07) is 38.5. The van der Waals surface area contributed by atoms with E-state index in [1.807, 2.05) is 0 Å². The molecule has 4 amide bonds. The summed E-state index contributed by atoms with van der Waals surface area (Å²) in [5, 5.41) is 55.1. The normalized spacial score (nSPS) is 10.9. The van der Waals surface area contributed by atoms with E-state index in [9.17, 15) is 39.6 Å². The van der Waals surface area contributed by atoms with Gasteiger partial charge in [-0.05, 0) is 143 Å². The molecule has 0 saturated heterocycles. The summed E-state index contributed by atoms with van der Waals surface area (Å²) in [7, 11) is 0. The van der Waals surface area contributed by atoms with Crippen molar-refractivity contribution in [1.29, 1.82) is 0 Å². The first-order valence-corrected chi connectivity index (χ1v) is 19.4. The van der Waals surface area contributed by atoms with E-state index in [-0.39, 0.29) is 68.0 Å². The molecule has 0 aliphatic heterocycles. The van der Waals surface area contributed by atoms with Gasteiger partial charge in [-0.25, -0.2) is 0 Å². The van der Waals surface area contributed by atoms with Gasteiger partial charge in [0.15, 0.2) is 0 Å². The van der Waals surface area contributed by atoms with Crippen molar-refractivity contribution in [2.24, 2.45) is 0 Å².